The third kappa shape index (κ3) is 4.78. The van der Waals surface area contributed by atoms with Gasteiger partial charge in [0.1, 0.15) is 0 Å². The normalized spacial score (nSPS) is 18.1. The van der Waals surface area contributed by atoms with E-state index in [-0.39, 0.29) is 5.75 Å². The zero-order chi connectivity index (χ0) is 11.9. The molecule has 0 bridgehead atoms. The van der Waals surface area contributed by atoms with Crippen molar-refractivity contribution in [3.8, 4) is 0 Å². The molecule has 1 N–H and O–H groups in total. The quantitative estimate of drug-likeness (QED) is 0.608. The van der Waals surface area contributed by atoms with Gasteiger partial charge in [-0.2, -0.15) is 0 Å². The van der Waals surface area contributed by atoms with E-state index in [1.54, 1.807) is 11.4 Å². The Bertz CT molecular complexity index is 274. The minimum atomic E-state index is -3.02. The van der Waals surface area contributed by atoms with Crippen LogP contribution in [0.25, 0.3) is 0 Å². The molecule has 1 radical (unpaired) electrons. The van der Waals surface area contributed by atoms with E-state index in [4.69, 9.17) is 4.74 Å². The van der Waals surface area contributed by atoms with Crippen LogP contribution in [0.2, 0.25) is 0 Å². The molecule has 0 saturated carbocycles. The first kappa shape index (κ1) is 13.9. The molecule has 0 aromatic carbocycles. The molecule has 1 saturated heterocycles. The van der Waals surface area contributed by atoms with E-state index in [2.05, 4.69) is 5.32 Å². The number of sulfonamides is 1. The third-order valence-electron chi connectivity index (χ3n) is 2.55. The van der Waals surface area contributed by atoms with E-state index in [0.717, 1.165) is 19.5 Å². The second kappa shape index (κ2) is 7.21. The van der Waals surface area contributed by atoms with E-state index >= 15 is 0 Å². The molecule has 0 aromatic heterocycles. The molecule has 95 valence electrons. The molecule has 6 heteroatoms. The SMILES string of the molecule is COCCNCCCS(=O)(=O)N1C[CH]CC1. The number of nitrogens with one attached hydrogen (secondary N) is 1. The summed E-state index contributed by atoms with van der Waals surface area (Å²) < 4.78 is 30.0. The number of hydrogen-bond acceptors (Lipinski definition) is 4. The largest absolute Gasteiger partial charge is 0.383 e. The summed E-state index contributed by atoms with van der Waals surface area (Å²) in [6.45, 7) is 3.39. The van der Waals surface area contributed by atoms with Crippen molar-refractivity contribution in [3.05, 3.63) is 6.42 Å². The highest BCUT2D eigenvalue weighted by Crippen LogP contribution is 2.12. The van der Waals surface area contributed by atoms with Crippen LogP contribution in [0.1, 0.15) is 12.8 Å². The number of hydrogen-bond donors (Lipinski definition) is 1. The highest BCUT2D eigenvalue weighted by Gasteiger charge is 2.24. The van der Waals surface area contributed by atoms with Crippen molar-refractivity contribution < 1.29 is 13.2 Å². The van der Waals surface area contributed by atoms with E-state index in [1.807, 2.05) is 6.42 Å². The van der Waals surface area contributed by atoms with Gasteiger partial charge in [-0.25, -0.2) is 12.7 Å². The van der Waals surface area contributed by atoms with Gasteiger partial charge in [-0.05, 0) is 25.8 Å². The fourth-order valence-electron chi connectivity index (χ4n) is 1.62. The zero-order valence-electron chi connectivity index (χ0n) is 9.81. The molecule has 5 nitrogen and oxygen atoms in total. The zero-order valence-corrected chi connectivity index (χ0v) is 10.6. The van der Waals surface area contributed by atoms with E-state index in [0.29, 0.717) is 26.1 Å². The maximum atomic E-state index is 11.8. The van der Waals surface area contributed by atoms with Gasteiger partial charge in [0.25, 0.3) is 0 Å². The van der Waals surface area contributed by atoms with E-state index in [9.17, 15) is 8.42 Å². The van der Waals surface area contributed by atoms with Crippen molar-refractivity contribution in [2.75, 3.05) is 45.6 Å². The lowest BCUT2D eigenvalue weighted by Gasteiger charge is -2.15. The summed E-state index contributed by atoms with van der Waals surface area (Å²) >= 11 is 0. The van der Waals surface area contributed by atoms with E-state index in [1.165, 1.54) is 0 Å². The molecule has 1 rings (SSSR count). The summed E-state index contributed by atoms with van der Waals surface area (Å²) in [7, 11) is -1.37. The molecule has 1 heterocycles. The molecule has 0 unspecified atom stereocenters. The summed E-state index contributed by atoms with van der Waals surface area (Å²) in [6, 6.07) is 0. The van der Waals surface area contributed by atoms with Gasteiger partial charge in [-0.15, -0.1) is 0 Å². The lowest BCUT2D eigenvalue weighted by atomic mass is 10.4. The fourth-order valence-corrected chi connectivity index (χ4v) is 3.11. The first-order chi connectivity index (χ1) is 7.67. The van der Waals surface area contributed by atoms with Crippen LogP contribution < -0.4 is 5.32 Å². The highest BCUT2D eigenvalue weighted by atomic mass is 32.2. The van der Waals surface area contributed by atoms with Crippen LogP contribution in [0.3, 0.4) is 0 Å². The number of ether oxygens (including phenoxy) is 1. The molecule has 1 fully saturated rings. The van der Waals surface area contributed by atoms with Crippen LogP contribution in [0.4, 0.5) is 0 Å². The molecular formula is C10H21N2O3S. The average Bonchev–Trinajstić information content (AvgIpc) is 2.77. The summed E-state index contributed by atoms with van der Waals surface area (Å²) in [5.41, 5.74) is 0. The van der Waals surface area contributed by atoms with Crippen molar-refractivity contribution in [1.29, 1.82) is 0 Å². The lowest BCUT2D eigenvalue weighted by Crippen LogP contribution is -2.31. The first-order valence-electron chi connectivity index (χ1n) is 5.66. The van der Waals surface area contributed by atoms with Gasteiger partial charge in [0.05, 0.1) is 12.4 Å². The van der Waals surface area contributed by atoms with Crippen molar-refractivity contribution in [3.63, 3.8) is 0 Å². The van der Waals surface area contributed by atoms with Crippen LogP contribution >= 0.6 is 0 Å². The van der Waals surface area contributed by atoms with Crippen molar-refractivity contribution >= 4 is 10.0 Å². The van der Waals surface area contributed by atoms with Gasteiger partial charge in [-0.1, -0.05) is 0 Å². The smallest absolute Gasteiger partial charge is 0.214 e. The standard InChI is InChI=1S/C10H21N2O3S/c1-15-9-6-11-5-4-10-16(13,14)12-7-2-3-8-12/h2,11H,3-10H2,1H3. The van der Waals surface area contributed by atoms with Gasteiger partial charge in [0.2, 0.25) is 10.0 Å². The van der Waals surface area contributed by atoms with Gasteiger partial charge >= 0.3 is 0 Å². The maximum absolute atomic E-state index is 11.8. The molecule has 0 atom stereocenters. The van der Waals surface area contributed by atoms with E-state index < -0.39 is 10.0 Å². The monoisotopic (exact) mass is 249 g/mol. The first-order valence-corrected chi connectivity index (χ1v) is 7.27. The molecule has 0 spiro atoms. The number of methoxy groups -OCH3 is 1. The van der Waals surface area contributed by atoms with Crippen LogP contribution in [0.15, 0.2) is 0 Å². The average molecular weight is 249 g/mol. The molecule has 0 aromatic rings. The molecular weight excluding hydrogens is 228 g/mol. The molecule has 1 aliphatic rings. The Morgan fingerprint density at radius 3 is 2.88 bits per heavy atom. The Balaban J connectivity index is 2.11. The minimum absolute atomic E-state index is 0.237. The van der Waals surface area contributed by atoms with Crippen LogP contribution in [0.5, 0.6) is 0 Å². The Morgan fingerprint density at radius 2 is 2.25 bits per heavy atom. The molecule has 1 aliphatic heterocycles. The van der Waals surface area contributed by atoms with Crippen LogP contribution in [-0.4, -0.2) is 58.4 Å². The van der Waals surface area contributed by atoms with Crippen molar-refractivity contribution in [2.45, 2.75) is 12.8 Å². The van der Waals surface area contributed by atoms with Crippen molar-refractivity contribution in [2.24, 2.45) is 0 Å². The Morgan fingerprint density at radius 1 is 1.44 bits per heavy atom. The third-order valence-corrected chi connectivity index (χ3v) is 4.47. The second-order valence-electron chi connectivity index (χ2n) is 3.85. The topological polar surface area (TPSA) is 58.6 Å². The highest BCUT2D eigenvalue weighted by molar-refractivity contribution is 7.89. The van der Waals surface area contributed by atoms with Gasteiger partial charge < -0.3 is 10.1 Å². The lowest BCUT2D eigenvalue weighted by molar-refractivity contribution is 0.199. The van der Waals surface area contributed by atoms with Crippen LogP contribution in [-0.2, 0) is 14.8 Å². The van der Waals surface area contributed by atoms with Crippen molar-refractivity contribution in [1.82, 2.24) is 9.62 Å². The summed E-state index contributed by atoms with van der Waals surface area (Å²) in [5, 5.41) is 3.13. The maximum Gasteiger partial charge on any atom is 0.214 e. The fraction of sp³-hybridized carbons (Fsp3) is 0.900. The Hall–Kier alpha value is -0.170. The van der Waals surface area contributed by atoms with Gasteiger partial charge in [0, 0.05) is 26.7 Å². The summed E-state index contributed by atoms with van der Waals surface area (Å²) in [6.07, 6.45) is 3.54. The van der Waals surface area contributed by atoms with Crippen LogP contribution in [0, 0.1) is 6.42 Å². The number of rotatable bonds is 8. The van der Waals surface area contributed by atoms with Gasteiger partial charge in [-0.3, -0.25) is 0 Å². The Labute approximate surface area is 98.2 Å². The molecule has 0 amide bonds. The number of nitrogens with zero attached hydrogens (tertiary/aromatic N) is 1. The second-order valence-corrected chi connectivity index (χ2v) is 5.94. The molecule has 0 aliphatic carbocycles. The minimum Gasteiger partial charge on any atom is -0.383 e. The summed E-state index contributed by atoms with van der Waals surface area (Å²) in [5.74, 6) is 0.237. The molecule has 16 heavy (non-hydrogen) atoms. The van der Waals surface area contributed by atoms with Gasteiger partial charge in [0.15, 0.2) is 0 Å². The Kier molecular flexibility index (Phi) is 6.26. The summed E-state index contributed by atoms with van der Waals surface area (Å²) in [4.78, 5) is 0. The predicted molar refractivity (Wildman–Crippen MR) is 63.6 cm³/mol. The predicted octanol–water partition coefficient (Wildman–Crippen LogP) is -0.148.